The second kappa shape index (κ2) is 16.0. The first-order chi connectivity index (χ1) is 21.2. The topological polar surface area (TPSA) is 146 Å². The summed E-state index contributed by atoms with van der Waals surface area (Å²) in [5.74, 6) is -2.70. The lowest BCUT2D eigenvalue weighted by molar-refractivity contribution is -0.167. The molecule has 12 heteroatoms. The van der Waals surface area contributed by atoms with Gasteiger partial charge in [-0.2, -0.15) is 0 Å². The largest absolute Gasteiger partial charge is 0.458 e. The number of fused-ring (bicyclic) bond motifs is 1. The van der Waals surface area contributed by atoms with Crippen molar-refractivity contribution in [1.29, 1.82) is 0 Å². The normalized spacial score (nSPS) is 10.0. The van der Waals surface area contributed by atoms with E-state index in [9.17, 15) is 28.0 Å². The number of ether oxygens (including phenoxy) is 2. The fourth-order valence-electron chi connectivity index (χ4n) is 3.73. The molecule has 1 aromatic heterocycles. The van der Waals surface area contributed by atoms with Crippen LogP contribution in [0.25, 0.3) is 16.7 Å². The summed E-state index contributed by atoms with van der Waals surface area (Å²) < 4.78 is 36.9. The summed E-state index contributed by atoms with van der Waals surface area (Å²) in [6, 6.07) is 26.4. The van der Waals surface area contributed by atoms with Gasteiger partial charge in [0.2, 0.25) is 0 Å². The molecule has 0 unspecified atom stereocenters. The second-order valence-electron chi connectivity index (χ2n) is 8.70. The number of hydrogen-bond acceptors (Lipinski definition) is 8. The van der Waals surface area contributed by atoms with E-state index >= 15 is 0 Å². The van der Waals surface area contributed by atoms with Crippen LogP contribution < -0.4 is 22.2 Å². The van der Waals surface area contributed by atoms with Crippen molar-refractivity contribution in [2.75, 3.05) is 24.3 Å². The van der Waals surface area contributed by atoms with Crippen molar-refractivity contribution in [3.8, 4) is 5.69 Å². The van der Waals surface area contributed by atoms with Gasteiger partial charge in [-0.15, -0.1) is 0 Å². The standard InChI is InChI=1S/C14H9FN2O2.C12H11FN2.C6H10O4/c15-9-5-1-3-7-11(9)17-12-8-4-2-6-10(12)16-13(18)14(17)19;13-9-5-1-3-7-11(9)15-12-8-4-2-6-10(12)14;1-3-9-5(7)6(8)10-4-2/h1-8H,(H,16,18);1-8,15H,14H2;3-4H2,1-2H3. The molecule has 4 aromatic carbocycles. The van der Waals surface area contributed by atoms with Gasteiger partial charge in [0.05, 0.1) is 47.0 Å². The third-order valence-corrected chi connectivity index (χ3v) is 5.71. The van der Waals surface area contributed by atoms with Gasteiger partial charge in [-0.3, -0.25) is 14.2 Å². The third-order valence-electron chi connectivity index (χ3n) is 5.71. The van der Waals surface area contributed by atoms with Gasteiger partial charge in [-0.25, -0.2) is 18.4 Å². The van der Waals surface area contributed by atoms with Crippen LogP contribution in [0.1, 0.15) is 13.8 Å². The summed E-state index contributed by atoms with van der Waals surface area (Å²) >= 11 is 0. The fourth-order valence-corrected chi connectivity index (χ4v) is 3.73. The zero-order valence-electron chi connectivity index (χ0n) is 23.9. The highest BCUT2D eigenvalue weighted by Crippen LogP contribution is 2.24. The zero-order valence-corrected chi connectivity index (χ0v) is 23.9. The SMILES string of the molecule is CCOC(=O)C(=O)OCC.Nc1ccccc1Nc1ccccc1F.O=c1[nH]c2ccccc2n(-c2ccccc2F)c1=O. The Hall–Kier alpha value is -5.78. The molecule has 5 aromatic rings. The van der Waals surface area contributed by atoms with E-state index < -0.39 is 28.9 Å². The zero-order chi connectivity index (χ0) is 32.1. The molecular formula is C32H30F2N4O6. The predicted octanol–water partition coefficient (Wildman–Crippen LogP) is 5.08. The summed E-state index contributed by atoms with van der Waals surface area (Å²) in [5, 5.41) is 2.94. The Balaban J connectivity index is 0.000000190. The summed E-state index contributed by atoms with van der Waals surface area (Å²) in [7, 11) is 0. The molecule has 0 fully saturated rings. The van der Waals surface area contributed by atoms with Crippen molar-refractivity contribution in [3.05, 3.63) is 129 Å². The fraction of sp³-hybridized carbons (Fsp3) is 0.125. The third kappa shape index (κ3) is 8.61. The summed E-state index contributed by atoms with van der Waals surface area (Å²) in [5.41, 5.74) is 6.89. The number of nitrogens with two attached hydrogens (primary N) is 1. The number of aromatic nitrogens is 2. The van der Waals surface area contributed by atoms with Gasteiger partial charge < -0.3 is 25.5 Å². The minimum absolute atomic E-state index is 0.0646. The molecule has 228 valence electrons. The van der Waals surface area contributed by atoms with Crippen LogP contribution in [-0.4, -0.2) is 34.7 Å². The monoisotopic (exact) mass is 604 g/mol. The van der Waals surface area contributed by atoms with Crippen LogP contribution in [0.15, 0.2) is 107 Å². The maximum atomic E-state index is 13.8. The number of aromatic amines is 1. The van der Waals surface area contributed by atoms with Crippen LogP contribution in [0.3, 0.4) is 0 Å². The Morgan fingerprint density at radius 2 is 1.27 bits per heavy atom. The van der Waals surface area contributed by atoms with E-state index in [1.54, 1.807) is 68.4 Å². The number of H-pyrrole nitrogens is 1. The van der Waals surface area contributed by atoms with E-state index in [0.29, 0.717) is 28.1 Å². The van der Waals surface area contributed by atoms with Crippen molar-refractivity contribution < 1.29 is 27.8 Å². The summed E-state index contributed by atoms with van der Waals surface area (Å²) in [6.07, 6.45) is 0. The number of nitrogen functional groups attached to an aromatic ring is 1. The van der Waals surface area contributed by atoms with Crippen molar-refractivity contribution in [2.45, 2.75) is 13.8 Å². The molecule has 4 N–H and O–H groups in total. The number of carbonyl (C=O) groups is 2. The lowest BCUT2D eigenvalue weighted by atomic mass is 10.2. The Kier molecular flexibility index (Phi) is 11.9. The van der Waals surface area contributed by atoms with Gasteiger partial charge >= 0.3 is 23.1 Å². The van der Waals surface area contributed by atoms with E-state index in [4.69, 9.17) is 5.73 Å². The molecule has 0 aliphatic carbocycles. The number of nitrogens with zero attached hydrogens (tertiary/aromatic N) is 1. The van der Waals surface area contributed by atoms with E-state index in [-0.39, 0.29) is 24.7 Å². The Labute approximate surface area is 250 Å². The minimum Gasteiger partial charge on any atom is -0.458 e. The average Bonchev–Trinajstić information content (AvgIpc) is 3.02. The van der Waals surface area contributed by atoms with Crippen molar-refractivity contribution in [3.63, 3.8) is 0 Å². The highest BCUT2D eigenvalue weighted by atomic mass is 19.1. The second-order valence-corrected chi connectivity index (χ2v) is 8.70. The Morgan fingerprint density at radius 1 is 0.750 bits per heavy atom. The van der Waals surface area contributed by atoms with Crippen molar-refractivity contribution in [2.24, 2.45) is 0 Å². The number of halogens is 2. The van der Waals surface area contributed by atoms with Gasteiger partial charge in [0.25, 0.3) is 0 Å². The van der Waals surface area contributed by atoms with E-state index in [1.807, 2.05) is 18.2 Å². The minimum atomic E-state index is -0.927. The molecule has 0 aliphatic heterocycles. The van der Waals surface area contributed by atoms with Crippen LogP contribution in [0.4, 0.5) is 25.8 Å². The van der Waals surface area contributed by atoms with Crippen LogP contribution in [0.2, 0.25) is 0 Å². The molecule has 0 spiro atoms. The molecule has 0 bridgehead atoms. The van der Waals surface area contributed by atoms with Crippen LogP contribution in [-0.2, 0) is 19.1 Å². The number of rotatable bonds is 5. The molecule has 0 radical (unpaired) electrons. The van der Waals surface area contributed by atoms with E-state index in [1.165, 1.54) is 24.3 Å². The van der Waals surface area contributed by atoms with Crippen molar-refractivity contribution >= 4 is 40.0 Å². The number of nitrogens with one attached hydrogen (secondary N) is 2. The first kappa shape index (κ1) is 32.7. The molecule has 0 atom stereocenters. The van der Waals surface area contributed by atoms with Gasteiger partial charge in [0, 0.05) is 0 Å². The summed E-state index contributed by atoms with van der Waals surface area (Å²) in [6.45, 7) is 3.63. The van der Waals surface area contributed by atoms with Crippen LogP contribution in [0, 0.1) is 11.6 Å². The van der Waals surface area contributed by atoms with Gasteiger partial charge in [-0.1, -0.05) is 48.5 Å². The quantitative estimate of drug-likeness (QED) is 0.143. The molecule has 44 heavy (non-hydrogen) atoms. The maximum absolute atomic E-state index is 13.8. The maximum Gasteiger partial charge on any atom is 0.417 e. The average molecular weight is 605 g/mol. The Morgan fingerprint density at radius 3 is 1.86 bits per heavy atom. The number of anilines is 3. The van der Waals surface area contributed by atoms with Crippen LogP contribution >= 0.6 is 0 Å². The molecule has 5 rings (SSSR count). The first-order valence-corrected chi connectivity index (χ1v) is 13.4. The molecule has 1 heterocycles. The highest BCUT2D eigenvalue weighted by Gasteiger charge is 2.15. The van der Waals surface area contributed by atoms with Gasteiger partial charge in [-0.05, 0) is 62.4 Å². The Bertz CT molecular complexity index is 1800. The lowest BCUT2D eigenvalue weighted by Crippen LogP contribution is -2.35. The molecule has 0 saturated heterocycles. The number of benzene rings is 4. The smallest absolute Gasteiger partial charge is 0.417 e. The number of carbonyl (C=O) groups excluding carboxylic acids is 2. The molecule has 0 saturated carbocycles. The van der Waals surface area contributed by atoms with Gasteiger partial charge in [0.1, 0.15) is 11.6 Å². The van der Waals surface area contributed by atoms with E-state index in [0.717, 1.165) is 4.57 Å². The molecule has 0 amide bonds. The number of para-hydroxylation sites is 6. The lowest BCUT2D eigenvalue weighted by Gasteiger charge is -2.09. The highest BCUT2D eigenvalue weighted by molar-refractivity contribution is 6.29. The van der Waals surface area contributed by atoms with Gasteiger partial charge in [0.15, 0.2) is 0 Å². The van der Waals surface area contributed by atoms with E-state index in [2.05, 4.69) is 19.8 Å². The molecular weight excluding hydrogens is 574 g/mol. The number of esters is 2. The van der Waals surface area contributed by atoms with Crippen LogP contribution in [0.5, 0.6) is 0 Å². The van der Waals surface area contributed by atoms with Crippen molar-refractivity contribution in [1.82, 2.24) is 9.55 Å². The molecule has 10 nitrogen and oxygen atoms in total. The number of hydrogen-bond donors (Lipinski definition) is 3. The predicted molar refractivity (Wildman–Crippen MR) is 164 cm³/mol. The first-order valence-electron chi connectivity index (χ1n) is 13.4. The molecule has 0 aliphatic rings. The summed E-state index contributed by atoms with van der Waals surface area (Å²) in [4.78, 5) is 47.0.